The van der Waals surface area contributed by atoms with Crippen LogP contribution in [0.1, 0.15) is 17.1 Å². The minimum Gasteiger partial charge on any atom is -0.391 e. The summed E-state index contributed by atoms with van der Waals surface area (Å²) >= 11 is 0. The summed E-state index contributed by atoms with van der Waals surface area (Å²) in [5.41, 5.74) is 7.59. The highest BCUT2D eigenvalue weighted by Crippen LogP contribution is 2.08. The summed E-state index contributed by atoms with van der Waals surface area (Å²) in [4.78, 5) is 8.65. The molecule has 0 aliphatic carbocycles. The Balaban J connectivity index is 1.90. The topological polar surface area (TPSA) is 84.1 Å². The average molecular weight is 286 g/mol. The first-order chi connectivity index (χ1) is 10.2. The fraction of sp³-hybridized carbons (Fsp3) is 0.375. The van der Waals surface area contributed by atoms with Crippen molar-refractivity contribution in [2.24, 2.45) is 5.73 Å². The van der Waals surface area contributed by atoms with Crippen molar-refractivity contribution < 1.29 is 5.11 Å². The van der Waals surface area contributed by atoms with E-state index in [2.05, 4.69) is 15.3 Å². The fourth-order valence-electron chi connectivity index (χ4n) is 2.18. The Labute approximate surface area is 125 Å². The number of nitrogens with one attached hydrogen (secondary N) is 1. The van der Waals surface area contributed by atoms with Gasteiger partial charge in [0.1, 0.15) is 11.6 Å². The second kappa shape index (κ2) is 7.71. The molecular weight excluding hydrogens is 264 g/mol. The predicted octanol–water partition coefficient (Wildman–Crippen LogP) is 1.30. The van der Waals surface area contributed by atoms with Crippen LogP contribution in [0, 0.1) is 6.92 Å². The van der Waals surface area contributed by atoms with Crippen molar-refractivity contribution in [3.63, 3.8) is 0 Å². The Morgan fingerprint density at radius 1 is 1.24 bits per heavy atom. The number of aromatic nitrogens is 2. The lowest BCUT2D eigenvalue weighted by Gasteiger charge is -2.13. The van der Waals surface area contributed by atoms with Gasteiger partial charge >= 0.3 is 0 Å². The number of nitrogens with two attached hydrogens (primary N) is 1. The van der Waals surface area contributed by atoms with Crippen molar-refractivity contribution in [3.8, 4) is 0 Å². The molecule has 0 aliphatic rings. The molecule has 5 nitrogen and oxygen atoms in total. The molecule has 1 heterocycles. The van der Waals surface area contributed by atoms with E-state index in [1.807, 2.05) is 43.3 Å². The second-order valence-electron chi connectivity index (χ2n) is 5.05. The van der Waals surface area contributed by atoms with Gasteiger partial charge in [-0.1, -0.05) is 30.3 Å². The van der Waals surface area contributed by atoms with Gasteiger partial charge in [0.05, 0.1) is 6.10 Å². The van der Waals surface area contributed by atoms with Crippen LogP contribution in [-0.4, -0.2) is 34.3 Å². The number of benzene rings is 1. The highest BCUT2D eigenvalue weighted by atomic mass is 16.3. The molecule has 2 aromatic rings. The first-order valence-corrected chi connectivity index (χ1v) is 7.18. The lowest BCUT2D eigenvalue weighted by Crippen LogP contribution is -2.22. The lowest BCUT2D eigenvalue weighted by molar-refractivity contribution is 0.188. The third-order valence-electron chi connectivity index (χ3n) is 3.12. The standard InChI is InChI=1S/C16H22N4O/c1-12-19-14(7-8-17)10-16(20-12)18-11-15(21)9-13-5-3-2-4-6-13/h2-6,10,15,21H,7-9,11,17H2,1H3,(H,18,19,20). The van der Waals surface area contributed by atoms with Crippen LogP contribution >= 0.6 is 0 Å². The molecule has 1 unspecified atom stereocenters. The van der Waals surface area contributed by atoms with E-state index < -0.39 is 6.10 Å². The highest BCUT2D eigenvalue weighted by Gasteiger charge is 2.07. The van der Waals surface area contributed by atoms with Gasteiger partial charge in [-0.15, -0.1) is 0 Å². The first-order valence-electron chi connectivity index (χ1n) is 7.18. The van der Waals surface area contributed by atoms with Crippen molar-refractivity contribution in [3.05, 3.63) is 53.5 Å². The molecule has 1 aromatic heterocycles. The lowest BCUT2D eigenvalue weighted by atomic mass is 10.1. The number of rotatable bonds is 7. The molecule has 0 aliphatic heterocycles. The minimum absolute atomic E-state index is 0.452. The number of hydrogen-bond acceptors (Lipinski definition) is 5. The molecule has 5 heteroatoms. The predicted molar refractivity (Wildman–Crippen MR) is 84.2 cm³/mol. The van der Waals surface area contributed by atoms with Crippen LogP contribution in [-0.2, 0) is 12.8 Å². The van der Waals surface area contributed by atoms with Crippen LogP contribution in [0.3, 0.4) is 0 Å². The van der Waals surface area contributed by atoms with Crippen molar-refractivity contribution in [1.82, 2.24) is 9.97 Å². The van der Waals surface area contributed by atoms with Crippen molar-refractivity contribution >= 4 is 5.82 Å². The third-order valence-corrected chi connectivity index (χ3v) is 3.12. The molecule has 0 saturated heterocycles. The summed E-state index contributed by atoms with van der Waals surface area (Å²) in [5.74, 6) is 1.44. The summed E-state index contributed by atoms with van der Waals surface area (Å²) in [7, 11) is 0. The molecule has 0 radical (unpaired) electrons. The molecule has 2 rings (SSSR count). The Kier molecular flexibility index (Phi) is 5.66. The SMILES string of the molecule is Cc1nc(CCN)cc(NCC(O)Cc2ccccc2)n1. The van der Waals surface area contributed by atoms with Crippen molar-refractivity contribution in [2.45, 2.75) is 25.9 Å². The molecule has 112 valence electrons. The van der Waals surface area contributed by atoms with E-state index in [0.29, 0.717) is 25.3 Å². The van der Waals surface area contributed by atoms with E-state index in [1.165, 1.54) is 0 Å². The molecule has 0 spiro atoms. The third kappa shape index (κ3) is 5.13. The summed E-state index contributed by atoms with van der Waals surface area (Å²) in [6, 6.07) is 11.8. The Morgan fingerprint density at radius 2 is 2.00 bits per heavy atom. The number of aryl methyl sites for hydroxylation is 1. The largest absolute Gasteiger partial charge is 0.391 e. The maximum atomic E-state index is 10.1. The van der Waals surface area contributed by atoms with Crippen LogP contribution in [0.25, 0.3) is 0 Å². The molecule has 4 N–H and O–H groups in total. The van der Waals surface area contributed by atoms with Crippen LogP contribution in [0.15, 0.2) is 36.4 Å². The Hall–Kier alpha value is -1.98. The van der Waals surface area contributed by atoms with E-state index in [1.54, 1.807) is 0 Å². The van der Waals surface area contributed by atoms with Gasteiger partial charge in [-0.25, -0.2) is 9.97 Å². The van der Waals surface area contributed by atoms with Gasteiger partial charge in [0.25, 0.3) is 0 Å². The van der Waals surface area contributed by atoms with Gasteiger partial charge in [0.2, 0.25) is 0 Å². The zero-order valence-electron chi connectivity index (χ0n) is 12.3. The van der Waals surface area contributed by atoms with Gasteiger partial charge in [0, 0.05) is 31.1 Å². The van der Waals surface area contributed by atoms with Gasteiger partial charge in [-0.3, -0.25) is 0 Å². The maximum absolute atomic E-state index is 10.1. The van der Waals surface area contributed by atoms with E-state index >= 15 is 0 Å². The normalized spacial score (nSPS) is 12.1. The molecule has 0 amide bonds. The number of nitrogens with zero attached hydrogens (tertiary/aromatic N) is 2. The molecule has 0 saturated carbocycles. The number of hydrogen-bond donors (Lipinski definition) is 3. The second-order valence-corrected chi connectivity index (χ2v) is 5.05. The van der Waals surface area contributed by atoms with Gasteiger partial charge in [-0.2, -0.15) is 0 Å². The Bertz CT molecular complexity index is 559. The van der Waals surface area contributed by atoms with E-state index in [9.17, 15) is 5.11 Å². The molecule has 1 aromatic carbocycles. The van der Waals surface area contributed by atoms with Crippen LogP contribution < -0.4 is 11.1 Å². The molecule has 0 bridgehead atoms. The van der Waals surface area contributed by atoms with Gasteiger partial charge in [0.15, 0.2) is 0 Å². The van der Waals surface area contributed by atoms with Crippen LogP contribution in [0.5, 0.6) is 0 Å². The minimum atomic E-state index is -0.458. The van der Waals surface area contributed by atoms with E-state index in [4.69, 9.17) is 5.73 Å². The zero-order valence-corrected chi connectivity index (χ0v) is 12.3. The van der Waals surface area contributed by atoms with Crippen molar-refractivity contribution in [2.75, 3.05) is 18.4 Å². The quantitative estimate of drug-likeness (QED) is 0.714. The van der Waals surface area contributed by atoms with E-state index in [0.717, 1.165) is 23.5 Å². The average Bonchev–Trinajstić information content (AvgIpc) is 2.46. The smallest absolute Gasteiger partial charge is 0.130 e. The number of aliphatic hydroxyl groups is 1. The van der Waals surface area contributed by atoms with Crippen LogP contribution in [0.4, 0.5) is 5.82 Å². The maximum Gasteiger partial charge on any atom is 0.130 e. The Morgan fingerprint density at radius 3 is 2.71 bits per heavy atom. The monoisotopic (exact) mass is 286 g/mol. The van der Waals surface area contributed by atoms with Crippen LogP contribution in [0.2, 0.25) is 0 Å². The van der Waals surface area contributed by atoms with Gasteiger partial charge in [-0.05, 0) is 19.0 Å². The van der Waals surface area contributed by atoms with Gasteiger partial charge < -0.3 is 16.2 Å². The molecule has 1 atom stereocenters. The molecule has 0 fully saturated rings. The fourth-order valence-corrected chi connectivity index (χ4v) is 2.18. The zero-order chi connectivity index (χ0) is 15.1. The highest BCUT2D eigenvalue weighted by molar-refractivity contribution is 5.36. The molecule has 21 heavy (non-hydrogen) atoms. The summed E-state index contributed by atoms with van der Waals surface area (Å²) in [6.45, 7) is 2.87. The summed E-state index contributed by atoms with van der Waals surface area (Å²) in [6.07, 6.45) is 0.888. The number of aliphatic hydroxyl groups excluding tert-OH is 1. The van der Waals surface area contributed by atoms with E-state index in [-0.39, 0.29) is 0 Å². The summed E-state index contributed by atoms with van der Waals surface area (Å²) in [5, 5.41) is 13.2. The first kappa shape index (κ1) is 15.4. The number of anilines is 1. The van der Waals surface area contributed by atoms with Crippen molar-refractivity contribution in [1.29, 1.82) is 0 Å². The summed E-state index contributed by atoms with van der Waals surface area (Å²) < 4.78 is 0. The molecular formula is C16H22N4O.